The number of anilines is 1. The molecule has 2 heterocycles. The van der Waals surface area contributed by atoms with E-state index in [9.17, 15) is 9.90 Å². The third-order valence-electron chi connectivity index (χ3n) is 2.86. The zero-order valence-electron chi connectivity index (χ0n) is 8.89. The lowest BCUT2D eigenvalue weighted by molar-refractivity contribution is -0.139. The number of carbonyl (C=O) groups is 1. The molecule has 2 unspecified atom stereocenters. The van der Waals surface area contributed by atoms with Crippen LogP contribution in [0.4, 0.5) is 5.13 Å². The number of thiazole rings is 1. The Labute approximate surface area is 103 Å². The van der Waals surface area contributed by atoms with Gasteiger partial charge in [-0.15, -0.1) is 11.3 Å². The Bertz CT molecular complexity index is 396. The Hall–Kier alpha value is -0.810. The molecule has 0 saturated carbocycles. The average molecular weight is 261 g/mol. The maximum atomic E-state index is 11.2. The number of halogens is 1. The number of aromatic nitrogens is 1. The Morgan fingerprint density at radius 3 is 3.06 bits per heavy atom. The molecule has 2 rings (SSSR count). The van der Waals surface area contributed by atoms with Crippen LogP contribution in [-0.4, -0.2) is 28.6 Å². The molecule has 0 radical (unpaired) electrons. The highest BCUT2D eigenvalue weighted by Gasteiger charge is 2.33. The van der Waals surface area contributed by atoms with Crippen LogP contribution in [-0.2, 0) is 4.79 Å². The minimum Gasteiger partial charge on any atom is -0.480 e. The summed E-state index contributed by atoms with van der Waals surface area (Å²) in [6.45, 7) is 2.82. The summed E-state index contributed by atoms with van der Waals surface area (Å²) in [5.41, 5.74) is 0. The van der Waals surface area contributed by atoms with Gasteiger partial charge in [0.15, 0.2) is 5.13 Å². The molecule has 0 bridgehead atoms. The summed E-state index contributed by atoms with van der Waals surface area (Å²) in [7, 11) is 0. The van der Waals surface area contributed by atoms with Crippen molar-refractivity contribution < 1.29 is 9.90 Å². The van der Waals surface area contributed by atoms with Gasteiger partial charge >= 0.3 is 5.97 Å². The Balaban J connectivity index is 2.21. The second kappa shape index (κ2) is 4.59. The van der Waals surface area contributed by atoms with E-state index < -0.39 is 12.0 Å². The summed E-state index contributed by atoms with van der Waals surface area (Å²) in [5, 5.41) is 12.1. The molecule has 0 spiro atoms. The van der Waals surface area contributed by atoms with E-state index in [-0.39, 0.29) is 0 Å². The molecule has 0 amide bonds. The van der Waals surface area contributed by atoms with E-state index in [4.69, 9.17) is 11.6 Å². The van der Waals surface area contributed by atoms with Gasteiger partial charge in [0, 0.05) is 11.9 Å². The van der Waals surface area contributed by atoms with Gasteiger partial charge in [0.05, 0.1) is 0 Å². The second-order valence-electron chi connectivity index (χ2n) is 4.13. The fourth-order valence-electron chi connectivity index (χ4n) is 1.98. The number of carboxylic acid groups (broad SMARTS) is 1. The van der Waals surface area contributed by atoms with Crippen LogP contribution >= 0.6 is 22.9 Å². The molecule has 1 fully saturated rings. The van der Waals surface area contributed by atoms with Crippen molar-refractivity contribution in [2.24, 2.45) is 5.92 Å². The average Bonchev–Trinajstić information content (AvgIpc) is 2.64. The van der Waals surface area contributed by atoms with Crippen molar-refractivity contribution in [1.29, 1.82) is 0 Å². The fourth-order valence-corrected chi connectivity index (χ4v) is 3.01. The van der Waals surface area contributed by atoms with Crippen molar-refractivity contribution in [1.82, 2.24) is 4.98 Å². The monoisotopic (exact) mass is 260 g/mol. The normalized spacial score (nSPS) is 25.8. The number of aliphatic carboxylic acids is 1. The van der Waals surface area contributed by atoms with Crippen LogP contribution in [0.25, 0.3) is 0 Å². The SMILES string of the molecule is CC1CCN(c2nc(Cl)cs2)C(C(=O)O)C1. The highest BCUT2D eigenvalue weighted by Crippen LogP contribution is 2.31. The lowest BCUT2D eigenvalue weighted by Crippen LogP contribution is -2.46. The lowest BCUT2D eigenvalue weighted by Gasteiger charge is -2.35. The van der Waals surface area contributed by atoms with Gasteiger partial charge in [-0.25, -0.2) is 9.78 Å². The van der Waals surface area contributed by atoms with E-state index in [1.165, 1.54) is 11.3 Å². The number of nitrogens with zero attached hydrogens (tertiary/aromatic N) is 2. The fraction of sp³-hybridized carbons (Fsp3) is 0.600. The molecule has 6 heteroatoms. The zero-order valence-corrected chi connectivity index (χ0v) is 10.5. The van der Waals surface area contributed by atoms with E-state index in [1.54, 1.807) is 5.38 Å². The van der Waals surface area contributed by atoms with E-state index in [0.29, 0.717) is 22.6 Å². The lowest BCUT2D eigenvalue weighted by atomic mass is 9.93. The Kier molecular flexibility index (Phi) is 3.35. The Morgan fingerprint density at radius 2 is 2.50 bits per heavy atom. The molecule has 88 valence electrons. The van der Waals surface area contributed by atoms with Crippen molar-refractivity contribution in [2.45, 2.75) is 25.8 Å². The topological polar surface area (TPSA) is 53.4 Å². The smallest absolute Gasteiger partial charge is 0.326 e. The van der Waals surface area contributed by atoms with E-state index in [0.717, 1.165) is 13.0 Å². The van der Waals surface area contributed by atoms with Gasteiger partial charge in [-0.1, -0.05) is 18.5 Å². The highest BCUT2D eigenvalue weighted by molar-refractivity contribution is 7.14. The third-order valence-corrected chi connectivity index (χ3v) is 4.06. The van der Waals surface area contributed by atoms with Gasteiger partial charge in [-0.05, 0) is 18.8 Å². The van der Waals surface area contributed by atoms with Crippen molar-refractivity contribution in [3.8, 4) is 0 Å². The largest absolute Gasteiger partial charge is 0.480 e. The summed E-state index contributed by atoms with van der Waals surface area (Å²) in [5.74, 6) is -0.328. The Morgan fingerprint density at radius 1 is 1.75 bits per heavy atom. The summed E-state index contributed by atoms with van der Waals surface area (Å²) < 4.78 is 0. The van der Waals surface area contributed by atoms with E-state index in [1.807, 2.05) is 4.90 Å². The van der Waals surface area contributed by atoms with E-state index >= 15 is 0 Å². The van der Waals surface area contributed by atoms with Gasteiger partial charge in [0.1, 0.15) is 11.2 Å². The summed E-state index contributed by atoms with van der Waals surface area (Å²) in [4.78, 5) is 17.2. The maximum absolute atomic E-state index is 11.2. The minimum absolute atomic E-state index is 0.433. The van der Waals surface area contributed by atoms with Crippen LogP contribution in [0.1, 0.15) is 19.8 Å². The third kappa shape index (κ3) is 2.30. The molecule has 2 atom stereocenters. The number of carboxylic acids is 1. The van der Waals surface area contributed by atoms with Crippen LogP contribution < -0.4 is 4.90 Å². The molecule has 0 aromatic carbocycles. The maximum Gasteiger partial charge on any atom is 0.326 e. The summed E-state index contributed by atoms with van der Waals surface area (Å²) >= 11 is 7.16. The standard InChI is InChI=1S/C10H13ClN2O2S/c1-6-2-3-13(7(4-6)9(14)15)10-12-8(11)5-16-10/h5-7H,2-4H2,1H3,(H,14,15). The first kappa shape index (κ1) is 11.7. The first-order valence-corrected chi connectivity index (χ1v) is 6.44. The summed E-state index contributed by atoms with van der Waals surface area (Å²) in [6, 6.07) is -0.467. The van der Waals surface area contributed by atoms with Crippen molar-refractivity contribution in [2.75, 3.05) is 11.4 Å². The number of hydrogen-bond donors (Lipinski definition) is 1. The second-order valence-corrected chi connectivity index (χ2v) is 5.35. The molecule has 1 aromatic heterocycles. The quantitative estimate of drug-likeness (QED) is 0.888. The molecular weight excluding hydrogens is 248 g/mol. The van der Waals surface area contributed by atoms with Gasteiger partial charge < -0.3 is 10.0 Å². The van der Waals surface area contributed by atoms with Crippen LogP contribution in [0, 0.1) is 5.92 Å². The van der Waals surface area contributed by atoms with Crippen molar-refractivity contribution >= 4 is 34.0 Å². The molecule has 1 aliphatic rings. The summed E-state index contributed by atoms with van der Waals surface area (Å²) in [6.07, 6.45) is 1.67. The van der Waals surface area contributed by atoms with Gasteiger partial charge in [-0.3, -0.25) is 0 Å². The van der Waals surface area contributed by atoms with Gasteiger partial charge in [0.2, 0.25) is 0 Å². The molecule has 16 heavy (non-hydrogen) atoms. The van der Waals surface area contributed by atoms with Crippen molar-refractivity contribution in [3.63, 3.8) is 0 Å². The van der Waals surface area contributed by atoms with Crippen LogP contribution in [0.2, 0.25) is 5.15 Å². The van der Waals surface area contributed by atoms with Crippen LogP contribution in [0.3, 0.4) is 0 Å². The number of rotatable bonds is 2. The molecule has 1 N–H and O–H groups in total. The van der Waals surface area contributed by atoms with Gasteiger partial charge in [-0.2, -0.15) is 0 Å². The first-order valence-electron chi connectivity index (χ1n) is 5.18. The number of piperidine rings is 1. The molecule has 0 aliphatic carbocycles. The van der Waals surface area contributed by atoms with Gasteiger partial charge in [0.25, 0.3) is 0 Å². The predicted molar refractivity (Wildman–Crippen MR) is 64.3 cm³/mol. The van der Waals surface area contributed by atoms with E-state index in [2.05, 4.69) is 11.9 Å². The van der Waals surface area contributed by atoms with Crippen LogP contribution in [0.5, 0.6) is 0 Å². The van der Waals surface area contributed by atoms with Crippen molar-refractivity contribution in [3.05, 3.63) is 10.5 Å². The molecule has 1 aliphatic heterocycles. The predicted octanol–water partition coefficient (Wildman–Crippen LogP) is 2.49. The zero-order chi connectivity index (χ0) is 11.7. The molecule has 1 saturated heterocycles. The molecular formula is C10H13ClN2O2S. The van der Waals surface area contributed by atoms with Crippen LogP contribution in [0.15, 0.2) is 5.38 Å². The number of hydrogen-bond acceptors (Lipinski definition) is 4. The molecule has 4 nitrogen and oxygen atoms in total. The molecule has 1 aromatic rings. The first-order chi connectivity index (χ1) is 7.58. The highest BCUT2D eigenvalue weighted by atomic mass is 35.5. The minimum atomic E-state index is -0.780.